The average Bonchev–Trinajstić information content (AvgIpc) is 2.41. The second-order valence-corrected chi connectivity index (χ2v) is 4.99. The van der Waals surface area contributed by atoms with Crippen LogP contribution < -0.4 is 5.32 Å². The van der Waals surface area contributed by atoms with Gasteiger partial charge in [-0.25, -0.2) is 0 Å². The fraction of sp³-hybridized carbons (Fsp3) is 0.250. The van der Waals surface area contributed by atoms with Gasteiger partial charge in [-0.05, 0) is 31.5 Å². The zero-order valence-corrected chi connectivity index (χ0v) is 11.7. The maximum Gasteiger partial charge on any atom is 0.227 e. The Morgan fingerprint density at radius 3 is 2.00 bits per heavy atom. The molecule has 0 saturated heterocycles. The number of nitrogens with one attached hydrogen (secondary N) is 1. The number of anilines is 1. The first-order chi connectivity index (χ1) is 9.54. The van der Waals surface area contributed by atoms with Gasteiger partial charge in [-0.15, -0.1) is 0 Å². The fourth-order valence-corrected chi connectivity index (χ4v) is 2.03. The van der Waals surface area contributed by atoms with E-state index in [2.05, 4.69) is 5.32 Å². The molecule has 0 amide bonds. The first-order valence-corrected chi connectivity index (χ1v) is 6.56. The van der Waals surface area contributed by atoms with Crippen molar-refractivity contribution < 1.29 is 4.92 Å². The Bertz CT molecular complexity index is 576. The van der Waals surface area contributed by atoms with Crippen LogP contribution in [0.2, 0.25) is 0 Å². The molecule has 104 valence electrons. The molecule has 2 aromatic carbocycles. The molecule has 0 fully saturated rings. The highest BCUT2D eigenvalue weighted by molar-refractivity contribution is 5.46. The van der Waals surface area contributed by atoms with Crippen LogP contribution in [0.4, 0.5) is 5.69 Å². The standard InChI is InChI=1S/C16H18N2O2/c1-12-3-7-14(8-4-12)16(11-18(19)20)17-15-9-5-13(2)6-10-15/h3-10,16-17H,11H2,1-2H3. The monoisotopic (exact) mass is 270 g/mol. The Hall–Kier alpha value is -2.36. The Morgan fingerprint density at radius 1 is 1.00 bits per heavy atom. The molecule has 0 heterocycles. The second kappa shape index (κ2) is 6.19. The van der Waals surface area contributed by atoms with E-state index >= 15 is 0 Å². The topological polar surface area (TPSA) is 55.2 Å². The minimum absolute atomic E-state index is 0.142. The number of hydrogen-bond acceptors (Lipinski definition) is 3. The van der Waals surface area contributed by atoms with Crippen molar-refractivity contribution in [2.24, 2.45) is 0 Å². The Labute approximate surface area is 118 Å². The number of hydrogen-bond donors (Lipinski definition) is 1. The lowest BCUT2D eigenvalue weighted by molar-refractivity contribution is -0.482. The van der Waals surface area contributed by atoms with Crippen molar-refractivity contribution in [3.8, 4) is 0 Å². The van der Waals surface area contributed by atoms with Crippen molar-refractivity contribution in [2.75, 3.05) is 11.9 Å². The summed E-state index contributed by atoms with van der Waals surface area (Å²) in [6.07, 6.45) is 0. The van der Waals surface area contributed by atoms with E-state index in [0.717, 1.165) is 22.4 Å². The molecule has 20 heavy (non-hydrogen) atoms. The highest BCUT2D eigenvalue weighted by Crippen LogP contribution is 2.20. The summed E-state index contributed by atoms with van der Waals surface area (Å²) in [6, 6.07) is 15.3. The summed E-state index contributed by atoms with van der Waals surface area (Å²) in [7, 11) is 0. The van der Waals surface area contributed by atoms with Gasteiger partial charge in [0.05, 0.1) is 0 Å². The molecule has 1 atom stereocenters. The Morgan fingerprint density at radius 2 is 1.50 bits per heavy atom. The summed E-state index contributed by atoms with van der Waals surface area (Å²) in [5.41, 5.74) is 4.12. The largest absolute Gasteiger partial charge is 0.372 e. The van der Waals surface area contributed by atoms with Crippen LogP contribution in [0.1, 0.15) is 22.7 Å². The quantitative estimate of drug-likeness (QED) is 0.665. The third kappa shape index (κ3) is 3.82. The highest BCUT2D eigenvalue weighted by atomic mass is 16.6. The van der Waals surface area contributed by atoms with Crippen molar-refractivity contribution in [3.63, 3.8) is 0 Å². The van der Waals surface area contributed by atoms with Crippen LogP contribution in [0, 0.1) is 24.0 Å². The molecule has 0 radical (unpaired) electrons. The first-order valence-electron chi connectivity index (χ1n) is 6.56. The van der Waals surface area contributed by atoms with Gasteiger partial charge in [0, 0.05) is 10.6 Å². The molecule has 1 unspecified atom stereocenters. The van der Waals surface area contributed by atoms with Gasteiger partial charge in [0.25, 0.3) is 0 Å². The number of nitrogens with zero attached hydrogens (tertiary/aromatic N) is 1. The number of benzene rings is 2. The van der Waals surface area contributed by atoms with Gasteiger partial charge in [0.15, 0.2) is 0 Å². The predicted octanol–water partition coefficient (Wildman–Crippen LogP) is 3.73. The molecular formula is C16H18N2O2. The molecule has 4 nitrogen and oxygen atoms in total. The van der Waals surface area contributed by atoms with E-state index in [-0.39, 0.29) is 17.5 Å². The highest BCUT2D eigenvalue weighted by Gasteiger charge is 2.17. The van der Waals surface area contributed by atoms with Crippen molar-refractivity contribution in [2.45, 2.75) is 19.9 Å². The third-order valence-electron chi connectivity index (χ3n) is 3.20. The minimum Gasteiger partial charge on any atom is -0.372 e. The SMILES string of the molecule is Cc1ccc(NC(C[N+](=O)[O-])c2ccc(C)cc2)cc1. The molecule has 0 spiro atoms. The predicted molar refractivity (Wildman–Crippen MR) is 80.6 cm³/mol. The first kappa shape index (κ1) is 14.1. The molecule has 0 aliphatic carbocycles. The molecule has 0 saturated carbocycles. The molecule has 0 bridgehead atoms. The maximum atomic E-state index is 10.9. The van der Waals surface area contributed by atoms with E-state index in [1.165, 1.54) is 0 Å². The smallest absolute Gasteiger partial charge is 0.227 e. The molecule has 0 aliphatic heterocycles. The lowest BCUT2D eigenvalue weighted by Crippen LogP contribution is -2.20. The average molecular weight is 270 g/mol. The molecule has 2 rings (SSSR count). The van der Waals surface area contributed by atoms with Gasteiger partial charge in [-0.2, -0.15) is 0 Å². The number of aryl methyl sites for hydroxylation is 2. The van der Waals surface area contributed by atoms with Crippen LogP contribution in [-0.2, 0) is 0 Å². The van der Waals surface area contributed by atoms with Crippen LogP contribution in [0.15, 0.2) is 48.5 Å². The molecule has 0 aromatic heterocycles. The van der Waals surface area contributed by atoms with Gasteiger partial charge < -0.3 is 5.32 Å². The normalized spacial score (nSPS) is 11.9. The van der Waals surface area contributed by atoms with Crippen LogP contribution in [0.25, 0.3) is 0 Å². The number of nitro groups is 1. The zero-order valence-electron chi connectivity index (χ0n) is 11.7. The van der Waals surface area contributed by atoms with E-state index in [0.29, 0.717) is 0 Å². The summed E-state index contributed by atoms with van der Waals surface area (Å²) in [6.45, 7) is 3.87. The lowest BCUT2D eigenvalue weighted by atomic mass is 10.0. The molecular weight excluding hydrogens is 252 g/mol. The minimum atomic E-state index is -0.326. The summed E-state index contributed by atoms with van der Waals surface area (Å²) < 4.78 is 0. The summed E-state index contributed by atoms with van der Waals surface area (Å²) >= 11 is 0. The third-order valence-corrected chi connectivity index (χ3v) is 3.20. The van der Waals surface area contributed by atoms with Gasteiger partial charge in [0.2, 0.25) is 6.54 Å². The van der Waals surface area contributed by atoms with Gasteiger partial charge >= 0.3 is 0 Å². The fourth-order valence-electron chi connectivity index (χ4n) is 2.03. The lowest BCUT2D eigenvalue weighted by Gasteiger charge is -2.17. The zero-order chi connectivity index (χ0) is 14.5. The maximum absolute atomic E-state index is 10.9. The van der Waals surface area contributed by atoms with Crippen LogP contribution >= 0.6 is 0 Å². The number of rotatable bonds is 5. The molecule has 0 aliphatic rings. The van der Waals surface area contributed by atoms with Crippen LogP contribution in [0.3, 0.4) is 0 Å². The summed E-state index contributed by atoms with van der Waals surface area (Å²) in [5.74, 6) is 0. The van der Waals surface area contributed by atoms with Gasteiger partial charge in [-0.3, -0.25) is 10.1 Å². The van der Waals surface area contributed by atoms with E-state index in [4.69, 9.17) is 0 Å². The van der Waals surface area contributed by atoms with Crippen molar-refractivity contribution in [3.05, 3.63) is 75.3 Å². The Balaban J connectivity index is 2.21. The second-order valence-electron chi connectivity index (χ2n) is 4.99. The van der Waals surface area contributed by atoms with Crippen LogP contribution in [0.5, 0.6) is 0 Å². The van der Waals surface area contributed by atoms with Crippen LogP contribution in [-0.4, -0.2) is 11.5 Å². The summed E-state index contributed by atoms with van der Waals surface area (Å²) in [5, 5.41) is 14.1. The summed E-state index contributed by atoms with van der Waals surface area (Å²) in [4.78, 5) is 10.6. The van der Waals surface area contributed by atoms with Crippen molar-refractivity contribution in [1.82, 2.24) is 0 Å². The van der Waals surface area contributed by atoms with Gasteiger partial charge in [0.1, 0.15) is 6.04 Å². The van der Waals surface area contributed by atoms with Gasteiger partial charge in [-0.1, -0.05) is 47.5 Å². The molecule has 1 N–H and O–H groups in total. The van der Waals surface area contributed by atoms with E-state index in [1.807, 2.05) is 62.4 Å². The molecule has 2 aromatic rings. The van der Waals surface area contributed by atoms with E-state index in [9.17, 15) is 10.1 Å². The van der Waals surface area contributed by atoms with Crippen molar-refractivity contribution in [1.29, 1.82) is 0 Å². The Kier molecular flexibility index (Phi) is 4.35. The van der Waals surface area contributed by atoms with E-state index < -0.39 is 0 Å². The van der Waals surface area contributed by atoms with E-state index in [1.54, 1.807) is 0 Å². The van der Waals surface area contributed by atoms with Crippen molar-refractivity contribution >= 4 is 5.69 Å². The molecule has 4 heteroatoms.